The molecule has 0 saturated heterocycles. The standard InChI is InChI=1S/C18H13N3/c1-3-7-14(8-4-1)16-12-19-18-11-17(20-21(18)13-16)15-9-5-2-6-10-15/h1-13H. The van der Waals surface area contributed by atoms with Crippen LogP contribution in [-0.2, 0) is 0 Å². The lowest BCUT2D eigenvalue weighted by atomic mass is 10.1. The molecular weight excluding hydrogens is 258 g/mol. The quantitative estimate of drug-likeness (QED) is 0.550. The van der Waals surface area contributed by atoms with Crippen molar-refractivity contribution in [3.8, 4) is 22.4 Å². The summed E-state index contributed by atoms with van der Waals surface area (Å²) in [6.45, 7) is 0. The zero-order valence-corrected chi connectivity index (χ0v) is 11.3. The second-order valence-corrected chi connectivity index (χ2v) is 4.91. The molecule has 21 heavy (non-hydrogen) atoms. The van der Waals surface area contributed by atoms with Gasteiger partial charge in [0.1, 0.15) is 0 Å². The topological polar surface area (TPSA) is 30.2 Å². The Balaban J connectivity index is 1.82. The van der Waals surface area contributed by atoms with Crippen molar-refractivity contribution in [2.75, 3.05) is 0 Å². The third-order valence-corrected chi connectivity index (χ3v) is 3.49. The molecule has 0 aliphatic carbocycles. The SMILES string of the molecule is c1ccc(-c2cnc3cc(-c4ccccc4)nn3c2)cc1. The normalized spacial score (nSPS) is 10.9. The third kappa shape index (κ3) is 2.19. The molecule has 3 heteroatoms. The number of aromatic nitrogens is 3. The van der Waals surface area contributed by atoms with E-state index in [4.69, 9.17) is 0 Å². The lowest BCUT2D eigenvalue weighted by molar-refractivity contribution is 0.945. The zero-order valence-electron chi connectivity index (χ0n) is 11.3. The molecule has 0 atom stereocenters. The van der Waals surface area contributed by atoms with Crippen LogP contribution in [0.1, 0.15) is 0 Å². The molecule has 2 aromatic heterocycles. The molecule has 0 bridgehead atoms. The Morgan fingerprint density at radius 3 is 2.10 bits per heavy atom. The maximum absolute atomic E-state index is 4.62. The maximum Gasteiger partial charge on any atom is 0.155 e. The average molecular weight is 271 g/mol. The Kier molecular flexibility index (Phi) is 2.75. The minimum absolute atomic E-state index is 0.855. The van der Waals surface area contributed by atoms with Crippen LogP contribution in [-0.4, -0.2) is 14.6 Å². The number of rotatable bonds is 2. The van der Waals surface area contributed by atoms with Crippen molar-refractivity contribution >= 4 is 5.65 Å². The van der Waals surface area contributed by atoms with Gasteiger partial charge >= 0.3 is 0 Å². The fourth-order valence-corrected chi connectivity index (χ4v) is 2.41. The van der Waals surface area contributed by atoms with Crippen LogP contribution in [0.15, 0.2) is 79.1 Å². The molecule has 0 aliphatic rings. The first-order chi connectivity index (χ1) is 10.4. The first-order valence-electron chi connectivity index (χ1n) is 6.86. The Labute approximate surface area is 122 Å². The first kappa shape index (κ1) is 11.9. The minimum Gasteiger partial charge on any atom is -0.236 e. The molecule has 100 valence electrons. The molecule has 2 heterocycles. The molecule has 3 nitrogen and oxygen atoms in total. The van der Waals surface area contributed by atoms with Crippen molar-refractivity contribution in [1.29, 1.82) is 0 Å². The monoisotopic (exact) mass is 271 g/mol. The molecule has 0 unspecified atom stereocenters. The molecule has 0 N–H and O–H groups in total. The van der Waals surface area contributed by atoms with Gasteiger partial charge in [-0.05, 0) is 5.56 Å². The maximum atomic E-state index is 4.62. The van der Waals surface area contributed by atoms with Crippen LogP contribution >= 0.6 is 0 Å². The van der Waals surface area contributed by atoms with Gasteiger partial charge < -0.3 is 0 Å². The Hall–Kier alpha value is -2.94. The van der Waals surface area contributed by atoms with E-state index in [1.807, 2.05) is 59.4 Å². The van der Waals surface area contributed by atoms with Crippen LogP contribution in [0.25, 0.3) is 28.0 Å². The average Bonchev–Trinajstić information content (AvgIpc) is 2.99. The Morgan fingerprint density at radius 2 is 1.38 bits per heavy atom. The number of nitrogens with zero attached hydrogens (tertiary/aromatic N) is 3. The van der Waals surface area contributed by atoms with E-state index >= 15 is 0 Å². The van der Waals surface area contributed by atoms with E-state index in [0.29, 0.717) is 0 Å². The van der Waals surface area contributed by atoms with E-state index in [0.717, 1.165) is 28.0 Å². The fraction of sp³-hybridized carbons (Fsp3) is 0. The summed E-state index contributed by atoms with van der Waals surface area (Å²) >= 11 is 0. The number of fused-ring (bicyclic) bond motifs is 1. The van der Waals surface area contributed by atoms with E-state index in [-0.39, 0.29) is 0 Å². The summed E-state index contributed by atoms with van der Waals surface area (Å²) in [4.78, 5) is 4.50. The van der Waals surface area contributed by atoms with Crippen molar-refractivity contribution in [2.45, 2.75) is 0 Å². The molecule has 0 radical (unpaired) electrons. The van der Waals surface area contributed by atoms with Crippen molar-refractivity contribution in [3.05, 3.63) is 79.1 Å². The highest BCUT2D eigenvalue weighted by Crippen LogP contribution is 2.21. The third-order valence-electron chi connectivity index (χ3n) is 3.49. The zero-order chi connectivity index (χ0) is 14.1. The molecule has 0 fully saturated rings. The Morgan fingerprint density at radius 1 is 0.714 bits per heavy atom. The van der Waals surface area contributed by atoms with Crippen LogP contribution in [0.2, 0.25) is 0 Å². The lowest BCUT2D eigenvalue weighted by Gasteiger charge is -2.01. The van der Waals surface area contributed by atoms with Crippen molar-refractivity contribution in [1.82, 2.24) is 14.6 Å². The smallest absolute Gasteiger partial charge is 0.155 e. The summed E-state index contributed by atoms with van der Waals surface area (Å²) in [7, 11) is 0. The minimum atomic E-state index is 0.855. The van der Waals surface area contributed by atoms with Crippen LogP contribution in [0.4, 0.5) is 0 Å². The van der Waals surface area contributed by atoms with Gasteiger partial charge in [0.2, 0.25) is 0 Å². The van der Waals surface area contributed by atoms with Crippen LogP contribution < -0.4 is 0 Å². The van der Waals surface area contributed by atoms with Crippen LogP contribution in [0.5, 0.6) is 0 Å². The summed E-state index contributed by atoms with van der Waals surface area (Å²) in [5.74, 6) is 0. The van der Waals surface area contributed by atoms with Crippen molar-refractivity contribution in [3.63, 3.8) is 0 Å². The van der Waals surface area contributed by atoms with Gasteiger partial charge in [-0.25, -0.2) is 9.50 Å². The largest absolute Gasteiger partial charge is 0.236 e. The summed E-state index contributed by atoms with van der Waals surface area (Å²) in [5.41, 5.74) is 5.10. The molecule has 2 aromatic carbocycles. The van der Waals surface area contributed by atoms with Crippen molar-refractivity contribution < 1.29 is 0 Å². The van der Waals surface area contributed by atoms with Gasteiger partial charge in [0, 0.05) is 29.6 Å². The van der Waals surface area contributed by atoms with E-state index in [1.54, 1.807) is 0 Å². The van der Waals surface area contributed by atoms with Gasteiger partial charge in [-0.2, -0.15) is 5.10 Å². The van der Waals surface area contributed by atoms with Gasteiger partial charge in [0.05, 0.1) is 5.69 Å². The number of hydrogen-bond donors (Lipinski definition) is 0. The second kappa shape index (κ2) is 4.87. The predicted molar refractivity (Wildman–Crippen MR) is 83.9 cm³/mol. The Bertz CT molecular complexity index is 843. The molecule has 0 saturated carbocycles. The molecule has 0 aliphatic heterocycles. The predicted octanol–water partition coefficient (Wildman–Crippen LogP) is 4.06. The van der Waals surface area contributed by atoms with Gasteiger partial charge in [-0.1, -0.05) is 60.7 Å². The van der Waals surface area contributed by atoms with Gasteiger partial charge in [-0.3, -0.25) is 0 Å². The van der Waals surface area contributed by atoms with Gasteiger partial charge in [0.15, 0.2) is 5.65 Å². The fourth-order valence-electron chi connectivity index (χ4n) is 2.41. The first-order valence-corrected chi connectivity index (χ1v) is 6.86. The van der Waals surface area contributed by atoms with E-state index in [2.05, 4.69) is 34.3 Å². The second-order valence-electron chi connectivity index (χ2n) is 4.91. The van der Waals surface area contributed by atoms with E-state index in [9.17, 15) is 0 Å². The van der Waals surface area contributed by atoms with Gasteiger partial charge in [0.25, 0.3) is 0 Å². The van der Waals surface area contributed by atoms with Crippen LogP contribution in [0.3, 0.4) is 0 Å². The summed E-state index contributed by atoms with van der Waals surface area (Å²) < 4.78 is 1.84. The summed E-state index contributed by atoms with van der Waals surface area (Å²) in [5, 5.41) is 4.62. The van der Waals surface area contributed by atoms with Crippen LogP contribution in [0, 0.1) is 0 Å². The number of hydrogen-bond acceptors (Lipinski definition) is 2. The van der Waals surface area contributed by atoms with Crippen molar-refractivity contribution in [2.24, 2.45) is 0 Å². The van der Waals surface area contributed by atoms with Gasteiger partial charge in [-0.15, -0.1) is 0 Å². The van der Waals surface area contributed by atoms with E-state index < -0.39 is 0 Å². The molecular formula is C18H13N3. The summed E-state index contributed by atoms with van der Waals surface area (Å²) in [6, 6.07) is 22.4. The number of benzene rings is 2. The van der Waals surface area contributed by atoms with E-state index in [1.165, 1.54) is 0 Å². The molecule has 0 amide bonds. The lowest BCUT2D eigenvalue weighted by Crippen LogP contribution is -1.91. The molecule has 4 rings (SSSR count). The molecule has 0 spiro atoms. The summed E-state index contributed by atoms with van der Waals surface area (Å²) in [6.07, 6.45) is 3.91. The highest BCUT2D eigenvalue weighted by atomic mass is 15.2. The molecule has 4 aromatic rings. The highest BCUT2D eigenvalue weighted by Gasteiger charge is 2.06. The highest BCUT2D eigenvalue weighted by molar-refractivity contribution is 5.66.